The van der Waals surface area contributed by atoms with Crippen molar-refractivity contribution >= 4 is 0 Å². The number of hydrogen-bond donors (Lipinski definition) is 2. The van der Waals surface area contributed by atoms with Crippen molar-refractivity contribution < 1.29 is 9.47 Å². The first kappa shape index (κ1) is 13.3. The lowest BCUT2D eigenvalue weighted by Crippen LogP contribution is -2.62. The SMILES string of the molecule is COC1CC(NCCOC2(C)CNC2)C1(C)C. The molecule has 2 atom stereocenters. The summed E-state index contributed by atoms with van der Waals surface area (Å²) in [6.45, 7) is 10.4. The van der Waals surface area contributed by atoms with E-state index in [4.69, 9.17) is 9.47 Å². The summed E-state index contributed by atoms with van der Waals surface area (Å²) in [7, 11) is 1.80. The Morgan fingerprint density at radius 1 is 1.29 bits per heavy atom. The Labute approximate surface area is 104 Å². The summed E-state index contributed by atoms with van der Waals surface area (Å²) in [5.74, 6) is 0. The summed E-state index contributed by atoms with van der Waals surface area (Å²) in [6.07, 6.45) is 1.51. The Morgan fingerprint density at radius 3 is 2.47 bits per heavy atom. The zero-order chi connectivity index (χ0) is 12.5. The molecule has 0 bridgehead atoms. The Bertz CT molecular complexity index is 264. The first-order valence-electron chi connectivity index (χ1n) is 6.59. The summed E-state index contributed by atoms with van der Waals surface area (Å²) in [5, 5.41) is 6.81. The lowest BCUT2D eigenvalue weighted by molar-refractivity contribution is -0.103. The summed E-state index contributed by atoms with van der Waals surface area (Å²) >= 11 is 0. The van der Waals surface area contributed by atoms with E-state index in [1.807, 2.05) is 0 Å². The molecule has 1 saturated heterocycles. The van der Waals surface area contributed by atoms with E-state index in [0.717, 1.165) is 32.7 Å². The van der Waals surface area contributed by atoms with Crippen LogP contribution in [0.5, 0.6) is 0 Å². The minimum absolute atomic E-state index is 0.0753. The maximum Gasteiger partial charge on any atom is 0.0902 e. The van der Waals surface area contributed by atoms with E-state index < -0.39 is 0 Å². The van der Waals surface area contributed by atoms with Crippen molar-refractivity contribution in [2.45, 2.75) is 44.9 Å². The van der Waals surface area contributed by atoms with Crippen molar-refractivity contribution in [1.29, 1.82) is 0 Å². The van der Waals surface area contributed by atoms with Crippen LogP contribution in [0.4, 0.5) is 0 Å². The maximum absolute atomic E-state index is 5.85. The molecule has 2 N–H and O–H groups in total. The third kappa shape index (κ3) is 2.65. The van der Waals surface area contributed by atoms with Crippen LogP contribution in [0, 0.1) is 5.41 Å². The molecule has 0 aromatic heterocycles. The van der Waals surface area contributed by atoms with Gasteiger partial charge in [0.25, 0.3) is 0 Å². The standard InChI is InChI=1S/C13H26N2O2/c1-12(2)10(7-11(12)16-4)15-5-6-17-13(3)8-14-9-13/h10-11,14-15H,5-9H2,1-4H3. The van der Waals surface area contributed by atoms with Gasteiger partial charge in [0.2, 0.25) is 0 Å². The van der Waals surface area contributed by atoms with Gasteiger partial charge in [0, 0.05) is 38.2 Å². The molecule has 2 aliphatic rings. The molecule has 1 heterocycles. The van der Waals surface area contributed by atoms with Gasteiger partial charge in [-0.1, -0.05) is 13.8 Å². The first-order valence-corrected chi connectivity index (χ1v) is 6.59. The zero-order valence-corrected chi connectivity index (χ0v) is 11.5. The van der Waals surface area contributed by atoms with Gasteiger partial charge in [0.15, 0.2) is 0 Å². The molecule has 17 heavy (non-hydrogen) atoms. The lowest BCUT2D eigenvalue weighted by atomic mass is 9.64. The van der Waals surface area contributed by atoms with E-state index in [1.165, 1.54) is 0 Å². The first-order chi connectivity index (χ1) is 7.98. The van der Waals surface area contributed by atoms with Crippen LogP contribution >= 0.6 is 0 Å². The fourth-order valence-electron chi connectivity index (χ4n) is 2.74. The number of ether oxygens (including phenoxy) is 2. The maximum atomic E-state index is 5.85. The average molecular weight is 242 g/mol. The fraction of sp³-hybridized carbons (Fsp3) is 1.00. The Balaban J connectivity index is 1.60. The van der Waals surface area contributed by atoms with Gasteiger partial charge >= 0.3 is 0 Å². The quantitative estimate of drug-likeness (QED) is 0.675. The van der Waals surface area contributed by atoms with Gasteiger partial charge in [0.1, 0.15) is 0 Å². The van der Waals surface area contributed by atoms with Crippen LogP contribution in [0.1, 0.15) is 27.2 Å². The highest BCUT2D eigenvalue weighted by atomic mass is 16.5. The summed E-state index contributed by atoms with van der Waals surface area (Å²) < 4.78 is 11.3. The smallest absolute Gasteiger partial charge is 0.0902 e. The monoisotopic (exact) mass is 242 g/mol. The van der Waals surface area contributed by atoms with Crippen LogP contribution in [-0.2, 0) is 9.47 Å². The van der Waals surface area contributed by atoms with Crippen molar-refractivity contribution in [2.75, 3.05) is 33.4 Å². The van der Waals surface area contributed by atoms with Crippen molar-refractivity contribution in [3.8, 4) is 0 Å². The van der Waals surface area contributed by atoms with E-state index >= 15 is 0 Å². The number of nitrogens with one attached hydrogen (secondary N) is 2. The van der Waals surface area contributed by atoms with E-state index in [-0.39, 0.29) is 11.0 Å². The molecule has 2 unspecified atom stereocenters. The van der Waals surface area contributed by atoms with Gasteiger partial charge in [-0.2, -0.15) is 0 Å². The van der Waals surface area contributed by atoms with Crippen molar-refractivity contribution in [3.63, 3.8) is 0 Å². The normalized spacial score (nSPS) is 33.9. The molecule has 0 aromatic carbocycles. The third-order valence-electron chi connectivity index (χ3n) is 4.40. The number of rotatable bonds is 6. The van der Waals surface area contributed by atoms with Crippen molar-refractivity contribution in [2.24, 2.45) is 5.41 Å². The molecular formula is C13H26N2O2. The van der Waals surface area contributed by atoms with E-state index in [0.29, 0.717) is 12.1 Å². The van der Waals surface area contributed by atoms with Crippen LogP contribution < -0.4 is 10.6 Å². The minimum Gasteiger partial charge on any atom is -0.381 e. The second-order valence-electron chi connectivity index (χ2n) is 6.19. The van der Waals surface area contributed by atoms with E-state index in [9.17, 15) is 0 Å². The lowest BCUT2D eigenvalue weighted by Gasteiger charge is -2.51. The molecule has 0 aromatic rings. The van der Waals surface area contributed by atoms with Crippen molar-refractivity contribution in [1.82, 2.24) is 10.6 Å². The van der Waals surface area contributed by atoms with Gasteiger partial charge in [-0.3, -0.25) is 0 Å². The molecule has 0 spiro atoms. The molecule has 2 fully saturated rings. The molecule has 1 aliphatic carbocycles. The molecule has 4 heteroatoms. The average Bonchev–Trinajstić information content (AvgIpc) is 2.24. The van der Waals surface area contributed by atoms with Crippen LogP contribution in [0.2, 0.25) is 0 Å². The highest BCUT2D eigenvalue weighted by Crippen LogP contribution is 2.42. The highest BCUT2D eigenvalue weighted by molar-refractivity contribution is 5.02. The summed E-state index contributed by atoms with van der Waals surface area (Å²) in [5.41, 5.74) is 0.322. The molecule has 1 aliphatic heterocycles. The predicted molar refractivity (Wildman–Crippen MR) is 68.2 cm³/mol. The van der Waals surface area contributed by atoms with Crippen LogP contribution in [0.15, 0.2) is 0 Å². The zero-order valence-electron chi connectivity index (χ0n) is 11.5. The largest absolute Gasteiger partial charge is 0.381 e. The Hall–Kier alpha value is -0.160. The second-order valence-corrected chi connectivity index (χ2v) is 6.19. The molecule has 1 saturated carbocycles. The Kier molecular flexibility index (Phi) is 3.78. The van der Waals surface area contributed by atoms with Crippen molar-refractivity contribution in [3.05, 3.63) is 0 Å². The van der Waals surface area contributed by atoms with Crippen LogP contribution in [-0.4, -0.2) is 51.1 Å². The van der Waals surface area contributed by atoms with Gasteiger partial charge < -0.3 is 20.1 Å². The fourth-order valence-corrected chi connectivity index (χ4v) is 2.74. The van der Waals surface area contributed by atoms with Gasteiger partial charge in [-0.15, -0.1) is 0 Å². The summed E-state index contributed by atoms with van der Waals surface area (Å²) in [4.78, 5) is 0. The molecule has 100 valence electrons. The van der Waals surface area contributed by atoms with Gasteiger partial charge in [-0.05, 0) is 13.3 Å². The molecule has 0 amide bonds. The second kappa shape index (κ2) is 4.84. The van der Waals surface area contributed by atoms with Gasteiger partial charge in [0.05, 0.1) is 18.3 Å². The summed E-state index contributed by atoms with van der Waals surface area (Å²) in [6, 6.07) is 0.559. The number of hydrogen-bond acceptors (Lipinski definition) is 4. The Morgan fingerprint density at radius 2 is 2.00 bits per heavy atom. The number of methoxy groups -OCH3 is 1. The molecule has 0 radical (unpaired) electrons. The van der Waals surface area contributed by atoms with E-state index in [2.05, 4.69) is 31.4 Å². The van der Waals surface area contributed by atoms with Gasteiger partial charge in [-0.25, -0.2) is 0 Å². The molecule has 4 nitrogen and oxygen atoms in total. The third-order valence-corrected chi connectivity index (χ3v) is 4.40. The predicted octanol–water partition coefficient (Wildman–Crippen LogP) is 0.768. The highest BCUT2D eigenvalue weighted by Gasteiger charge is 2.48. The molecular weight excluding hydrogens is 216 g/mol. The molecule has 2 rings (SSSR count). The van der Waals surface area contributed by atoms with Crippen LogP contribution in [0.25, 0.3) is 0 Å². The van der Waals surface area contributed by atoms with E-state index in [1.54, 1.807) is 7.11 Å². The minimum atomic E-state index is 0.0753. The van der Waals surface area contributed by atoms with Crippen LogP contribution in [0.3, 0.4) is 0 Å². The topological polar surface area (TPSA) is 42.5 Å².